The number of esters is 2. The van der Waals surface area contributed by atoms with Crippen molar-refractivity contribution in [3.63, 3.8) is 0 Å². The number of ketones is 1. The van der Waals surface area contributed by atoms with Crippen LogP contribution in [0.5, 0.6) is 0 Å². The number of hydrogen-bond donors (Lipinski definition) is 2. The summed E-state index contributed by atoms with van der Waals surface area (Å²) in [6, 6.07) is 0.641. The van der Waals surface area contributed by atoms with Crippen molar-refractivity contribution in [1.29, 1.82) is 0 Å². The summed E-state index contributed by atoms with van der Waals surface area (Å²) in [4.78, 5) is 40.3. The zero-order valence-corrected chi connectivity index (χ0v) is 13.6. The Balaban J connectivity index is 2.36. The van der Waals surface area contributed by atoms with E-state index in [4.69, 9.17) is 23.2 Å². The third-order valence-electron chi connectivity index (χ3n) is 3.37. The van der Waals surface area contributed by atoms with Crippen molar-refractivity contribution < 1.29 is 23.9 Å². The number of nitrogens with zero attached hydrogens (tertiary/aromatic N) is 1. The zero-order valence-electron chi connectivity index (χ0n) is 12.1. The van der Waals surface area contributed by atoms with Crippen LogP contribution in [0.15, 0.2) is 12.1 Å². The first kappa shape index (κ1) is 17.6. The lowest BCUT2D eigenvalue weighted by atomic mass is 9.90. The molecule has 3 unspecified atom stereocenters. The Labute approximate surface area is 141 Å². The van der Waals surface area contributed by atoms with Gasteiger partial charge in [0, 0.05) is 0 Å². The quantitative estimate of drug-likeness (QED) is 0.450. The second kappa shape index (κ2) is 7.22. The van der Waals surface area contributed by atoms with Crippen LogP contribution < -0.4 is 10.9 Å². The Kier molecular flexibility index (Phi) is 5.53. The Bertz CT molecular complexity index is 654. The molecule has 2 N–H and O–H groups in total. The van der Waals surface area contributed by atoms with Crippen LogP contribution in [0.4, 0.5) is 0 Å². The van der Waals surface area contributed by atoms with Gasteiger partial charge in [-0.3, -0.25) is 14.4 Å². The van der Waals surface area contributed by atoms with E-state index >= 15 is 0 Å². The van der Waals surface area contributed by atoms with Crippen LogP contribution in [0, 0.1) is 5.92 Å². The summed E-state index contributed by atoms with van der Waals surface area (Å²) in [6.07, 6.45) is 0. The van der Waals surface area contributed by atoms with E-state index in [1.807, 2.05) is 0 Å². The third-order valence-corrected chi connectivity index (χ3v) is 3.88. The van der Waals surface area contributed by atoms with Crippen molar-refractivity contribution >= 4 is 40.9 Å². The summed E-state index contributed by atoms with van der Waals surface area (Å²) in [5.41, 5.74) is 5.03. The Hall–Kier alpha value is -1.74. The third kappa shape index (κ3) is 3.45. The van der Waals surface area contributed by atoms with Crippen molar-refractivity contribution in [2.24, 2.45) is 5.92 Å². The van der Waals surface area contributed by atoms with Crippen LogP contribution in [0.1, 0.15) is 10.5 Å². The number of pyridine rings is 1. The normalized spacial score (nSPS) is 23.4. The van der Waals surface area contributed by atoms with Crippen molar-refractivity contribution in [1.82, 2.24) is 15.8 Å². The minimum Gasteiger partial charge on any atom is -0.469 e. The number of halogens is 2. The number of nitrogens with one attached hydrogen (secondary N) is 2. The lowest BCUT2D eigenvalue weighted by Gasteiger charge is -2.18. The molecule has 0 bridgehead atoms. The lowest BCUT2D eigenvalue weighted by molar-refractivity contribution is -0.153. The summed E-state index contributed by atoms with van der Waals surface area (Å²) in [5.74, 6) is -3.22. The molecule has 0 aliphatic carbocycles. The minimum absolute atomic E-state index is 0.0721. The van der Waals surface area contributed by atoms with Gasteiger partial charge in [0.1, 0.15) is 28.8 Å². The van der Waals surface area contributed by atoms with Gasteiger partial charge in [-0.25, -0.2) is 15.8 Å². The monoisotopic (exact) mass is 361 g/mol. The standard InChI is InChI=1S/C13H13Cl2N3O5/c1-22-12(20)7-9(17-18-10(7)13(21)23-2)11(19)8-5(14)3-4-6(15)16-8/h3-4,7,9-10,17-18H,1-2H3. The van der Waals surface area contributed by atoms with Crippen LogP contribution in [0.3, 0.4) is 0 Å². The Morgan fingerprint density at radius 1 is 1.04 bits per heavy atom. The number of hydrazine groups is 1. The topological polar surface area (TPSA) is 107 Å². The molecule has 1 aromatic rings. The molecule has 1 aromatic heterocycles. The molecular weight excluding hydrogens is 349 g/mol. The van der Waals surface area contributed by atoms with Crippen molar-refractivity contribution in [2.45, 2.75) is 12.1 Å². The van der Waals surface area contributed by atoms with Crippen molar-refractivity contribution in [3.05, 3.63) is 28.0 Å². The van der Waals surface area contributed by atoms with E-state index in [1.165, 1.54) is 19.2 Å². The molecule has 2 heterocycles. The summed E-state index contributed by atoms with van der Waals surface area (Å²) >= 11 is 11.7. The maximum Gasteiger partial charge on any atom is 0.325 e. The van der Waals surface area contributed by atoms with E-state index in [0.717, 1.165) is 7.11 Å². The Morgan fingerprint density at radius 2 is 1.65 bits per heavy atom. The maximum absolute atomic E-state index is 12.6. The summed E-state index contributed by atoms with van der Waals surface area (Å²) < 4.78 is 9.28. The predicted octanol–water partition coefficient (Wildman–Crippen LogP) is 0.378. The highest BCUT2D eigenvalue weighted by Gasteiger charge is 2.50. The average Bonchev–Trinajstić information content (AvgIpc) is 2.99. The van der Waals surface area contributed by atoms with Gasteiger partial charge in [-0.2, -0.15) is 0 Å². The second-order valence-electron chi connectivity index (χ2n) is 4.64. The fourth-order valence-electron chi connectivity index (χ4n) is 2.26. The van der Waals surface area contributed by atoms with E-state index in [2.05, 4.69) is 25.3 Å². The molecular formula is C13H13Cl2N3O5. The van der Waals surface area contributed by atoms with Crippen LogP contribution in [0.2, 0.25) is 10.2 Å². The van der Waals surface area contributed by atoms with E-state index in [0.29, 0.717) is 0 Å². The molecule has 0 saturated carbocycles. The lowest BCUT2D eigenvalue weighted by Crippen LogP contribution is -2.43. The SMILES string of the molecule is COC(=O)C1NNC(C(=O)c2nc(Cl)ccc2Cl)C1C(=O)OC. The molecule has 8 nitrogen and oxygen atoms in total. The molecule has 1 aliphatic heterocycles. The van der Waals surface area contributed by atoms with Gasteiger partial charge in [0.2, 0.25) is 5.78 Å². The van der Waals surface area contributed by atoms with Crippen LogP contribution in [-0.2, 0) is 19.1 Å². The molecule has 0 spiro atoms. The summed E-state index contributed by atoms with van der Waals surface area (Å²) in [5, 5.41) is 0.147. The number of methoxy groups -OCH3 is 2. The molecule has 0 radical (unpaired) electrons. The minimum atomic E-state index is -1.14. The number of carbonyl (C=O) groups is 3. The van der Waals surface area contributed by atoms with Gasteiger partial charge in [-0.1, -0.05) is 23.2 Å². The molecule has 2 rings (SSSR count). The average molecular weight is 362 g/mol. The highest BCUT2D eigenvalue weighted by molar-refractivity contribution is 6.35. The number of carbonyl (C=O) groups excluding carboxylic acids is 3. The van der Waals surface area contributed by atoms with Gasteiger partial charge in [0.05, 0.1) is 19.2 Å². The highest BCUT2D eigenvalue weighted by atomic mass is 35.5. The molecule has 0 amide bonds. The molecule has 1 aliphatic rings. The summed E-state index contributed by atoms with van der Waals surface area (Å²) in [7, 11) is 2.32. The molecule has 3 atom stereocenters. The van der Waals surface area contributed by atoms with Crippen molar-refractivity contribution in [2.75, 3.05) is 14.2 Å². The molecule has 10 heteroatoms. The summed E-state index contributed by atoms with van der Waals surface area (Å²) in [6.45, 7) is 0. The van der Waals surface area contributed by atoms with E-state index in [1.54, 1.807) is 0 Å². The predicted molar refractivity (Wildman–Crippen MR) is 80.0 cm³/mol. The van der Waals surface area contributed by atoms with Gasteiger partial charge in [0.15, 0.2) is 0 Å². The fraction of sp³-hybridized carbons (Fsp3) is 0.385. The van der Waals surface area contributed by atoms with Crippen LogP contribution >= 0.6 is 23.2 Å². The molecule has 0 aromatic carbocycles. The fourth-order valence-corrected chi connectivity index (χ4v) is 2.61. The van der Waals surface area contributed by atoms with E-state index in [-0.39, 0.29) is 15.9 Å². The van der Waals surface area contributed by atoms with Crippen LogP contribution in [0.25, 0.3) is 0 Å². The number of ether oxygens (including phenoxy) is 2. The van der Waals surface area contributed by atoms with E-state index in [9.17, 15) is 14.4 Å². The highest BCUT2D eigenvalue weighted by Crippen LogP contribution is 2.25. The maximum atomic E-state index is 12.6. The first-order valence-electron chi connectivity index (χ1n) is 6.43. The first-order chi connectivity index (χ1) is 10.9. The number of hydrogen-bond acceptors (Lipinski definition) is 8. The van der Waals surface area contributed by atoms with Gasteiger partial charge in [-0.05, 0) is 12.1 Å². The van der Waals surface area contributed by atoms with Gasteiger partial charge in [0.25, 0.3) is 0 Å². The van der Waals surface area contributed by atoms with Gasteiger partial charge < -0.3 is 9.47 Å². The number of aromatic nitrogens is 1. The molecule has 124 valence electrons. The zero-order chi connectivity index (χ0) is 17.1. The van der Waals surface area contributed by atoms with Gasteiger partial charge >= 0.3 is 11.9 Å². The largest absolute Gasteiger partial charge is 0.469 e. The molecule has 1 saturated heterocycles. The smallest absolute Gasteiger partial charge is 0.325 e. The first-order valence-corrected chi connectivity index (χ1v) is 7.19. The van der Waals surface area contributed by atoms with Crippen molar-refractivity contribution in [3.8, 4) is 0 Å². The molecule has 1 fully saturated rings. The van der Waals surface area contributed by atoms with Gasteiger partial charge in [-0.15, -0.1) is 0 Å². The van der Waals surface area contributed by atoms with E-state index < -0.39 is 35.7 Å². The molecule has 23 heavy (non-hydrogen) atoms. The van der Waals surface area contributed by atoms with Crippen LogP contribution in [-0.4, -0.2) is 49.0 Å². The number of rotatable bonds is 4. The Morgan fingerprint density at radius 3 is 2.26 bits per heavy atom. The second-order valence-corrected chi connectivity index (χ2v) is 5.44. The number of Topliss-reactive ketones (excluding diaryl/α,β-unsaturated/α-hetero) is 1.